The molecule has 0 bridgehead atoms. The third kappa shape index (κ3) is 3.97. The summed E-state index contributed by atoms with van der Waals surface area (Å²) in [6.07, 6.45) is 3.30. The fraction of sp³-hybridized carbons (Fsp3) is 0.286. The first-order valence-electron chi connectivity index (χ1n) is 9.37. The molecule has 3 heterocycles. The van der Waals surface area contributed by atoms with Gasteiger partial charge in [-0.15, -0.1) is 11.3 Å². The summed E-state index contributed by atoms with van der Waals surface area (Å²) in [6, 6.07) is 15.9. The number of aromatic nitrogens is 1. The van der Waals surface area contributed by atoms with Gasteiger partial charge in [-0.1, -0.05) is 35.9 Å². The fourth-order valence-electron chi connectivity index (χ4n) is 3.38. The number of nitrogens with zero attached hydrogens (tertiary/aromatic N) is 2. The highest BCUT2D eigenvalue weighted by Crippen LogP contribution is 2.30. The van der Waals surface area contributed by atoms with Gasteiger partial charge in [-0.25, -0.2) is 13.4 Å². The Balaban J connectivity index is 1.58. The first-order valence-corrected chi connectivity index (χ1v) is 11.7. The maximum Gasteiger partial charge on any atom is 0.244 e. The minimum Gasteiger partial charge on any atom is -0.358 e. The fourth-order valence-corrected chi connectivity index (χ4v) is 5.64. The standard InChI is InChI=1S/C21H23N3O2S2/c1-16-6-8-17(9-7-16)21(19-5-4-14-27-19)23-20-11-10-18(15-22-20)28(25,26)24-12-2-3-13-24/h4-11,14-15,21H,2-3,12-13H2,1H3,(H,22,23)/t21-/m0/s1. The Morgan fingerprint density at radius 1 is 1.07 bits per heavy atom. The minimum atomic E-state index is -3.44. The van der Waals surface area contributed by atoms with Crippen molar-refractivity contribution in [1.29, 1.82) is 0 Å². The number of aryl methyl sites for hydroxylation is 1. The zero-order valence-electron chi connectivity index (χ0n) is 15.7. The van der Waals surface area contributed by atoms with Crippen molar-refractivity contribution in [2.24, 2.45) is 0 Å². The van der Waals surface area contributed by atoms with Crippen LogP contribution in [0.1, 0.15) is 34.9 Å². The number of pyridine rings is 1. The van der Waals surface area contributed by atoms with Crippen LogP contribution in [0, 0.1) is 6.92 Å². The van der Waals surface area contributed by atoms with E-state index in [2.05, 4.69) is 52.9 Å². The Morgan fingerprint density at radius 3 is 2.43 bits per heavy atom. The molecule has 28 heavy (non-hydrogen) atoms. The van der Waals surface area contributed by atoms with E-state index in [9.17, 15) is 8.42 Å². The first kappa shape index (κ1) is 19.1. The highest BCUT2D eigenvalue weighted by atomic mass is 32.2. The second kappa shape index (κ2) is 8.03. The molecular formula is C21H23N3O2S2. The highest BCUT2D eigenvalue weighted by molar-refractivity contribution is 7.89. The van der Waals surface area contributed by atoms with Crippen molar-refractivity contribution >= 4 is 27.2 Å². The van der Waals surface area contributed by atoms with E-state index in [1.165, 1.54) is 20.9 Å². The molecule has 1 saturated heterocycles. The van der Waals surface area contributed by atoms with Gasteiger partial charge in [0.2, 0.25) is 10.0 Å². The molecule has 1 aromatic carbocycles. The summed E-state index contributed by atoms with van der Waals surface area (Å²) in [7, 11) is -3.44. The van der Waals surface area contributed by atoms with Crippen molar-refractivity contribution in [3.05, 3.63) is 76.1 Å². The molecule has 0 saturated carbocycles. The van der Waals surface area contributed by atoms with Gasteiger partial charge in [0.15, 0.2) is 0 Å². The van der Waals surface area contributed by atoms with E-state index in [1.807, 2.05) is 6.07 Å². The van der Waals surface area contributed by atoms with Gasteiger partial charge in [-0.3, -0.25) is 0 Å². The van der Waals surface area contributed by atoms with Gasteiger partial charge in [0.05, 0.1) is 6.04 Å². The monoisotopic (exact) mass is 413 g/mol. The van der Waals surface area contributed by atoms with Crippen molar-refractivity contribution in [3.63, 3.8) is 0 Å². The maximum absolute atomic E-state index is 12.7. The average Bonchev–Trinajstić information content (AvgIpc) is 3.41. The van der Waals surface area contributed by atoms with E-state index < -0.39 is 10.0 Å². The predicted octanol–water partition coefficient (Wildman–Crippen LogP) is 4.44. The molecule has 146 valence electrons. The van der Waals surface area contributed by atoms with E-state index in [0.717, 1.165) is 18.4 Å². The number of benzene rings is 1. The Labute approximate surface area is 170 Å². The van der Waals surface area contributed by atoms with Crippen LogP contribution in [0.15, 0.2) is 65.0 Å². The van der Waals surface area contributed by atoms with Gasteiger partial charge in [-0.2, -0.15) is 4.31 Å². The SMILES string of the molecule is Cc1ccc([C@H](Nc2ccc(S(=O)(=O)N3CCCC3)cn2)c2cccs2)cc1. The molecule has 1 aliphatic rings. The average molecular weight is 414 g/mol. The molecule has 0 unspecified atom stereocenters. The lowest BCUT2D eigenvalue weighted by molar-refractivity contribution is 0.477. The molecule has 3 aromatic rings. The van der Waals surface area contributed by atoms with Crippen LogP contribution in [0.5, 0.6) is 0 Å². The van der Waals surface area contributed by atoms with Gasteiger partial charge in [-0.05, 0) is 48.9 Å². The Kier molecular flexibility index (Phi) is 5.48. The molecule has 1 aliphatic heterocycles. The molecular weight excluding hydrogens is 390 g/mol. The zero-order valence-corrected chi connectivity index (χ0v) is 17.3. The quantitative estimate of drug-likeness (QED) is 0.649. The Hall–Kier alpha value is -2.22. The molecule has 1 atom stereocenters. The Bertz CT molecular complexity index is 1010. The van der Waals surface area contributed by atoms with Crippen LogP contribution < -0.4 is 5.32 Å². The Morgan fingerprint density at radius 2 is 1.82 bits per heavy atom. The van der Waals surface area contributed by atoms with Crippen molar-refractivity contribution in [3.8, 4) is 0 Å². The summed E-state index contributed by atoms with van der Waals surface area (Å²) in [6.45, 7) is 3.25. The van der Waals surface area contributed by atoms with Crippen LogP contribution in [0.25, 0.3) is 0 Å². The molecule has 2 aromatic heterocycles. The minimum absolute atomic E-state index is 0.0332. The van der Waals surface area contributed by atoms with Crippen LogP contribution in [0.3, 0.4) is 0 Å². The van der Waals surface area contributed by atoms with Crippen molar-refractivity contribution in [2.45, 2.75) is 30.7 Å². The van der Waals surface area contributed by atoms with Crippen LogP contribution in [-0.2, 0) is 10.0 Å². The summed E-state index contributed by atoms with van der Waals surface area (Å²) in [5.41, 5.74) is 2.35. The van der Waals surface area contributed by atoms with Crippen molar-refractivity contribution in [2.75, 3.05) is 18.4 Å². The van der Waals surface area contributed by atoms with E-state index in [1.54, 1.807) is 23.5 Å². The van der Waals surface area contributed by atoms with Crippen molar-refractivity contribution in [1.82, 2.24) is 9.29 Å². The summed E-state index contributed by atoms with van der Waals surface area (Å²) in [5, 5.41) is 5.51. The van der Waals surface area contributed by atoms with Crippen LogP contribution in [0.2, 0.25) is 0 Å². The third-order valence-electron chi connectivity index (χ3n) is 4.97. The molecule has 0 aliphatic carbocycles. The third-order valence-corrected chi connectivity index (χ3v) is 7.79. The van der Waals surface area contributed by atoms with Crippen LogP contribution >= 0.6 is 11.3 Å². The van der Waals surface area contributed by atoms with E-state index >= 15 is 0 Å². The lowest BCUT2D eigenvalue weighted by atomic mass is 10.0. The normalized spacial score (nSPS) is 16.2. The smallest absolute Gasteiger partial charge is 0.244 e. The summed E-state index contributed by atoms with van der Waals surface area (Å²) < 4.78 is 26.9. The molecule has 0 radical (unpaired) electrons. The van der Waals surface area contributed by atoms with E-state index in [0.29, 0.717) is 18.9 Å². The van der Waals surface area contributed by atoms with Gasteiger partial charge in [0.1, 0.15) is 10.7 Å². The second-order valence-electron chi connectivity index (χ2n) is 6.99. The van der Waals surface area contributed by atoms with Crippen molar-refractivity contribution < 1.29 is 8.42 Å². The van der Waals surface area contributed by atoms with E-state index in [4.69, 9.17) is 0 Å². The summed E-state index contributed by atoms with van der Waals surface area (Å²) >= 11 is 1.68. The second-order valence-corrected chi connectivity index (χ2v) is 9.91. The zero-order chi connectivity index (χ0) is 19.6. The predicted molar refractivity (Wildman–Crippen MR) is 113 cm³/mol. The molecule has 1 fully saturated rings. The highest BCUT2D eigenvalue weighted by Gasteiger charge is 2.27. The number of thiophene rings is 1. The molecule has 0 amide bonds. The molecule has 7 heteroatoms. The first-order chi connectivity index (χ1) is 13.5. The molecule has 4 rings (SSSR count). The number of nitrogens with one attached hydrogen (secondary N) is 1. The number of hydrogen-bond acceptors (Lipinski definition) is 5. The number of anilines is 1. The lowest BCUT2D eigenvalue weighted by Gasteiger charge is -2.20. The summed E-state index contributed by atoms with van der Waals surface area (Å²) in [4.78, 5) is 5.83. The van der Waals surface area contributed by atoms with Crippen LogP contribution in [-0.4, -0.2) is 30.8 Å². The van der Waals surface area contributed by atoms with Crippen LogP contribution in [0.4, 0.5) is 5.82 Å². The molecule has 5 nitrogen and oxygen atoms in total. The van der Waals surface area contributed by atoms with Gasteiger partial charge in [0, 0.05) is 24.2 Å². The molecule has 1 N–H and O–H groups in total. The largest absolute Gasteiger partial charge is 0.358 e. The molecule has 0 spiro atoms. The number of hydrogen-bond donors (Lipinski definition) is 1. The maximum atomic E-state index is 12.7. The van der Waals surface area contributed by atoms with Gasteiger partial charge < -0.3 is 5.32 Å². The topological polar surface area (TPSA) is 62.3 Å². The summed E-state index contributed by atoms with van der Waals surface area (Å²) in [5.74, 6) is 0.652. The van der Waals surface area contributed by atoms with Gasteiger partial charge >= 0.3 is 0 Å². The lowest BCUT2D eigenvalue weighted by Crippen LogP contribution is -2.28. The van der Waals surface area contributed by atoms with E-state index in [-0.39, 0.29) is 10.9 Å². The number of sulfonamides is 1. The van der Waals surface area contributed by atoms with Gasteiger partial charge in [0.25, 0.3) is 0 Å². The number of rotatable bonds is 6.